The van der Waals surface area contributed by atoms with Crippen molar-refractivity contribution in [3.63, 3.8) is 0 Å². The average Bonchev–Trinajstić information content (AvgIpc) is 3.05. The normalized spacial score (nSPS) is 15.8. The van der Waals surface area contributed by atoms with Crippen molar-refractivity contribution in [2.75, 3.05) is 11.9 Å². The molecule has 0 saturated carbocycles. The van der Waals surface area contributed by atoms with Gasteiger partial charge in [-0.25, -0.2) is 4.79 Å². The number of benzene rings is 1. The molecule has 2 aromatic rings. The van der Waals surface area contributed by atoms with Gasteiger partial charge in [-0.15, -0.1) is 0 Å². The summed E-state index contributed by atoms with van der Waals surface area (Å²) in [5.74, 6) is 0.584. The third-order valence-electron chi connectivity index (χ3n) is 5.73. The van der Waals surface area contributed by atoms with Gasteiger partial charge in [-0.2, -0.15) is 5.10 Å². The lowest BCUT2D eigenvalue weighted by Gasteiger charge is -2.30. The van der Waals surface area contributed by atoms with Crippen molar-refractivity contribution in [2.45, 2.75) is 65.7 Å². The molecule has 156 valence electrons. The second kappa shape index (κ2) is 9.29. The summed E-state index contributed by atoms with van der Waals surface area (Å²) in [6, 6.07) is 8.41. The van der Waals surface area contributed by atoms with E-state index < -0.39 is 0 Å². The molecule has 3 rings (SSSR count). The van der Waals surface area contributed by atoms with Crippen molar-refractivity contribution in [3.05, 3.63) is 57.9 Å². The summed E-state index contributed by atoms with van der Waals surface area (Å²) >= 11 is 0. The van der Waals surface area contributed by atoms with E-state index in [9.17, 15) is 4.79 Å². The number of unbranched alkanes of at least 4 members (excludes halogenated alkanes) is 2. The summed E-state index contributed by atoms with van der Waals surface area (Å²) in [5.41, 5.74) is 6.09. The van der Waals surface area contributed by atoms with Crippen molar-refractivity contribution in [2.24, 2.45) is 7.05 Å². The van der Waals surface area contributed by atoms with E-state index in [-0.39, 0.29) is 11.9 Å². The third kappa shape index (κ3) is 4.09. The Hall–Kier alpha value is -2.56. The first kappa shape index (κ1) is 21.2. The van der Waals surface area contributed by atoms with Gasteiger partial charge in [0.2, 0.25) is 0 Å². The summed E-state index contributed by atoms with van der Waals surface area (Å²) in [6.45, 7) is 8.84. The average molecular weight is 396 g/mol. The Morgan fingerprint density at radius 3 is 2.62 bits per heavy atom. The van der Waals surface area contributed by atoms with Crippen LogP contribution in [0.15, 0.2) is 35.5 Å². The van der Waals surface area contributed by atoms with Crippen LogP contribution in [0.1, 0.15) is 75.3 Å². The van der Waals surface area contributed by atoms with Gasteiger partial charge < -0.3 is 10.1 Å². The molecule has 1 aromatic heterocycles. The van der Waals surface area contributed by atoms with Crippen LogP contribution in [0.2, 0.25) is 0 Å². The summed E-state index contributed by atoms with van der Waals surface area (Å²) in [4.78, 5) is 13.2. The monoisotopic (exact) mass is 395 g/mol. The van der Waals surface area contributed by atoms with Crippen LogP contribution < -0.4 is 5.32 Å². The number of nitrogens with zero attached hydrogens (tertiary/aromatic N) is 2. The van der Waals surface area contributed by atoms with E-state index in [0.29, 0.717) is 12.2 Å². The molecule has 29 heavy (non-hydrogen) atoms. The van der Waals surface area contributed by atoms with Crippen molar-refractivity contribution in [1.29, 1.82) is 0 Å². The van der Waals surface area contributed by atoms with Gasteiger partial charge in [0.15, 0.2) is 0 Å². The van der Waals surface area contributed by atoms with Crippen LogP contribution in [0, 0.1) is 0 Å². The molecule has 1 unspecified atom stereocenters. The van der Waals surface area contributed by atoms with Gasteiger partial charge in [-0.05, 0) is 37.3 Å². The molecule has 5 nitrogen and oxygen atoms in total. The summed E-state index contributed by atoms with van der Waals surface area (Å²) in [7, 11) is 1.95. The van der Waals surface area contributed by atoms with Gasteiger partial charge in [-0.1, -0.05) is 57.9 Å². The van der Waals surface area contributed by atoms with Crippen molar-refractivity contribution in [1.82, 2.24) is 9.78 Å². The highest BCUT2D eigenvalue weighted by Crippen LogP contribution is 2.45. The van der Waals surface area contributed by atoms with Gasteiger partial charge in [0, 0.05) is 24.2 Å². The maximum absolute atomic E-state index is 13.2. The quantitative estimate of drug-likeness (QED) is 0.498. The highest BCUT2D eigenvalue weighted by atomic mass is 16.5. The zero-order valence-corrected chi connectivity index (χ0v) is 18.3. The van der Waals surface area contributed by atoms with Crippen LogP contribution in [-0.2, 0) is 29.4 Å². The molecule has 0 fully saturated rings. The number of carbonyl (C=O) groups excluding carboxylic acids is 1. The van der Waals surface area contributed by atoms with Crippen LogP contribution in [0.25, 0.3) is 0 Å². The summed E-state index contributed by atoms with van der Waals surface area (Å²) in [6.07, 6.45) is 4.80. The Balaban J connectivity index is 2.11. The van der Waals surface area contributed by atoms with Crippen LogP contribution in [0.5, 0.6) is 0 Å². The number of allylic oxidation sites excluding steroid dienone is 1. The van der Waals surface area contributed by atoms with Crippen molar-refractivity contribution in [3.8, 4) is 0 Å². The fourth-order valence-electron chi connectivity index (χ4n) is 4.23. The van der Waals surface area contributed by atoms with E-state index in [4.69, 9.17) is 9.84 Å². The first-order valence-corrected chi connectivity index (χ1v) is 10.8. The number of aryl methyl sites for hydroxylation is 3. The van der Waals surface area contributed by atoms with Gasteiger partial charge in [0.25, 0.3) is 0 Å². The molecule has 0 spiro atoms. The zero-order valence-electron chi connectivity index (χ0n) is 18.3. The molecule has 1 aliphatic rings. The van der Waals surface area contributed by atoms with Crippen LogP contribution >= 0.6 is 0 Å². The van der Waals surface area contributed by atoms with E-state index in [2.05, 4.69) is 50.4 Å². The Labute approximate surface area is 174 Å². The van der Waals surface area contributed by atoms with Gasteiger partial charge in [-0.3, -0.25) is 4.68 Å². The number of aromatic nitrogens is 2. The Kier molecular flexibility index (Phi) is 6.78. The standard InChI is InChI=1S/C24H33N3O2/c1-6-9-12-15-29-24(28)20-16(4)25-23-22(19(8-3)26-27(23)5)21(20)18-14-11-10-13-17(18)7-2/h10-11,13-14,21,25H,6-9,12,15H2,1-5H3. The third-order valence-corrected chi connectivity index (χ3v) is 5.73. The molecule has 1 aliphatic heterocycles. The largest absolute Gasteiger partial charge is 0.462 e. The number of esters is 1. The number of rotatable bonds is 8. The Bertz CT molecular complexity index is 911. The highest BCUT2D eigenvalue weighted by molar-refractivity contribution is 5.94. The van der Waals surface area contributed by atoms with Crippen molar-refractivity contribution < 1.29 is 9.53 Å². The minimum absolute atomic E-state index is 0.162. The molecule has 2 heterocycles. The fraction of sp³-hybridized carbons (Fsp3) is 0.500. The molecule has 0 aliphatic carbocycles. The maximum atomic E-state index is 13.2. The van der Waals surface area contributed by atoms with Gasteiger partial charge in [0.1, 0.15) is 5.82 Å². The number of fused-ring (bicyclic) bond motifs is 1. The SMILES string of the molecule is CCCCCOC(=O)C1=C(C)Nc2c(c(CC)nn2C)C1c1ccccc1CC. The lowest BCUT2D eigenvalue weighted by atomic mass is 9.79. The number of anilines is 1. The smallest absolute Gasteiger partial charge is 0.336 e. The predicted molar refractivity (Wildman–Crippen MR) is 117 cm³/mol. The summed E-state index contributed by atoms with van der Waals surface area (Å²) in [5, 5.41) is 8.16. The second-order valence-electron chi connectivity index (χ2n) is 7.68. The molecule has 1 N–H and O–H groups in total. The number of hydrogen-bond donors (Lipinski definition) is 1. The van der Waals surface area contributed by atoms with Crippen molar-refractivity contribution >= 4 is 11.8 Å². The molecule has 0 radical (unpaired) electrons. The molecule has 0 saturated heterocycles. The van der Waals surface area contributed by atoms with Crippen LogP contribution in [0.4, 0.5) is 5.82 Å². The fourth-order valence-corrected chi connectivity index (χ4v) is 4.23. The van der Waals surface area contributed by atoms with Gasteiger partial charge >= 0.3 is 5.97 Å². The lowest BCUT2D eigenvalue weighted by molar-refractivity contribution is -0.139. The van der Waals surface area contributed by atoms with E-state index in [1.807, 2.05) is 18.7 Å². The molecule has 1 aromatic carbocycles. The maximum Gasteiger partial charge on any atom is 0.336 e. The van der Waals surface area contributed by atoms with Crippen LogP contribution in [0.3, 0.4) is 0 Å². The molecule has 1 atom stereocenters. The Morgan fingerprint density at radius 1 is 1.17 bits per heavy atom. The summed E-state index contributed by atoms with van der Waals surface area (Å²) < 4.78 is 7.60. The van der Waals surface area contributed by atoms with Gasteiger partial charge in [0.05, 0.1) is 17.9 Å². The topological polar surface area (TPSA) is 56.1 Å². The highest BCUT2D eigenvalue weighted by Gasteiger charge is 2.37. The zero-order chi connectivity index (χ0) is 21.0. The minimum Gasteiger partial charge on any atom is -0.462 e. The molecule has 5 heteroatoms. The molecular formula is C24H33N3O2. The number of hydrogen-bond acceptors (Lipinski definition) is 4. The molecular weight excluding hydrogens is 362 g/mol. The number of ether oxygens (including phenoxy) is 1. The molecule has 0 amide bonds. The Morgan fingerprint density at radius 2 is 1.93 bits per heavy atom. The van der Waals surface area contributed by atoms with E-state index in [1.54, 1.807) is 0 Å². The first-order chi connectivity index (χ1) is 14.0. The minimum atomic E-state index is -0.224. The second-order valence-corrected chi connectivity index (χ2v) is 7.68. The predicted octanol–water partition coefficient (Wildman–Crippen LogP) is 5.11. The number of nitrogens with one attached hydrogen (secondary N) is 1. The van der Waals surface area contributed by atoms with Crippen LogP contribution in [-0.4, -0.2) is 22.4 Å². The van der Waals surface area contributed by atoms with E-state index in [0.717, 1.165) is 54.9 Å². The van der Waals surface area contributed by atoms with E-state index in [1.165, 1.54) is 11.1 Å². The molecule has 0 bridgehead atoms. The number of carbonyl (C=O) groups is 1. The first-order valence-electron chi connectivity index (χ1n) is 10.8. The van der Waals surface area contributed by atoms with E-state index >= 15 is 0 Å². The lowest BCUT2D eigenvalue weighted by Crippen LogP contribution is -2.26.